The SMILES string of the molecule is COc1ccc(C)cc1S(=O)(=O)Nc1ccsc1C(=O)Nc1cccc(Cl)c1.COc1cccc(S(=O)(=O)Nc2ccsc2C(=O)Nc2cccc(Cl)c2)c1. The highest BCUT2D eigenvalue weighted by molar-refractivity contribution is 7.93. The molecule has 2 aromatic heterocycles. The van der Waals surface area contributed by atoms with Crippen LogP contribution in [0.1, 0.15) is 24.9 Å². The third kappa shape index (κ3) is 10.8. The van der Waals surface area contributed by atoms with E-state index in [4.69, 9.17) is 32.7 Å². The van der Waals surface area contributed by atoms with E-state index >= 15 is 0 Å². The van der Waals surface area contributed by atoms with Crippen molar-refractivity contribution in [3.05, 3.63) is 139 Å². The van der Waals surface area contributed by atoms with Crippen LogP contribution in [-0.4, -0.2) is 42.9 Å². The Labute approximate surface area is 336 Å². The van der Waals surface area contributed by atoms with Crippen LogP contribution in [0.25, 0.3) is 0 Å². The van der Waals surface area contributed by atoms with Gasteiger partial charge in [-0.15, -0.1) is 22.7 Å². The minimum atomic E-state index is -3.95. The van der Waals surface area contributed by atoms with E-state index in [0.717, 1.165) is 28.2 Å². The van der Waals surface area contributed by atoms with Gasteiger partial charge in [0.05, 0.1) is 30.5 Å². The molecular weight excluding hydrogens is 828 g/mol. The molecule has 0 aliphatic carbocycles. The summed E-state index contributed by atoms with van der Waals surface area (Å²) in [7, 11) is -4.97. The lowest BCUT2D eigenvalue weighted by Crippen LogP contribution is -2.17. The Kier molecular flexibility index (Phi) is 13.5. The van der Waals surface area contributed by atoms with Gasteiger partial charge in [0.25, 0.3) is 31.9 Å². The van der Waals surface area contributed by atoms with Crippen LogP contribution in [0.4, 0.5) is 22.7 Å². The third-order valence-electron chi connectivity index (χ3n) is 7.36. The van der Waals surface area contributed by atoms with Crippen molar-refractivity contribution in [3.8, 4) is 11.5 Å². The number of nitrogens with one attached hydrogen (secondary N) is 4. The summed E-state index contributed by atoms with van der Waals surface area (Å²) in [6, 6.07) is 27.4. The number of aryl methyl sites for hydroxylation is 1. The Morgan fingerprint density at radius 1 is 0.618 bits per heavy atom. The van der Waals surface area contributed by atoms with E-state index in [1.165, 1.54) is 44.6 Å². The van der Waals surface area contributed by atoms with Crippen molar-refractivity contribution in [2.45, 2.75) is 16.7 Å². The van der Waals surface area contributed by atoms with Crippen LogP contribution >= 0.6 is 45.9 Å². The molecule has 0 aliphatic rings. The number of hydrogen-bond acceptors (Lipinski definition) is 10. The second kappa shape index (κ2) is 18.0. The van der Waals surface area contributed by atoms with E-state index in [-0.39, 0.29) is 36.7 Å². The van der Waals surface area contributed by atoms with Gasteiger partial charge in [-0.2, -0.15) is 0 Å². The number of anilines is 4. The number of hydrogen-bond donors (Lipinski definition) is 4. The molecule has 4 aromatic carbocycles. The number of methoxy groups -OCH3 is 2. The van der Waals surface area contributed by atoms with E-state index in [1.807, 2.05) is 0 Å². The van der Waals surface area contributed by atoms with Crippen molar-refractivity contribution in [1.29, 1.82) is 0 Å². The van der Waals surface area contributed by atoms with Crippen molar-refractivity contribution in [3.63, 3.8) is 0 Å². The summed E-state index contributed by atoms with van der Waals surface area (Å²) < 4.78 is 66.2. The molecular formula is C37H32Cl2N4O8S4. The molecule has 6 rings (SSSR count). The fourth-order valence-corrected chi connectivity index (χ4v) is 9.24. The molecule has 0 unspecified atom stereocenters. The van der Waals surface area contributed by atoms with Crippen molar-refractivity contribution in [1.82, 2.24) is 0 Å². The fraction of sp³-hybridized carbons (Fsp3) is 0.0811. The number of rotatable bonds is 12. The molecule has 18 heteroatoms. The lowest BCUT2D eigenvalue weighted by atomic mass is 10.2. The second-order valence-corrected chi connectivity index (χ2v) is 17.3. The number of carbonyl (C=O) groups is 2. The van der Waals surface area contributed by atoms with Gasteiger partial charge < -0.3 is 20.1 Å². The Morgan fingerprint density at radius 2 is 1.15 bits per heavy atom. The molecule has 0 radical (unpaired) electrons. The van der Waals surface area contributed by atoms with E-state index in [0.29, 0.717) is 27.2 Å². The Balaban J connectivity index is 0.000000211. The van der Waals surface area contributed by atoms with Crippen molar-refractivity contribution in [2.75, 3.05) is 34.3 Å². The van der Waals surface area contributed by atoms with E-state index in [9.17, 15) is 26.4 Å². The van der Waals surface area contributed by atoms with Crippen molar-refractivity contribution < 1.29 is 35.9 Å². The largest absolute Gasteiger partial charge is 0.497 e. The summed E-state index contributed by atoms with van der Waals surface area (Å²) >= 11 is 14.1. The first kappa shape index (κ1) is 41.1. The van der Waals surface area contributed by atoms with E-state index in [1.54, 1.807) is 90.5 Å². The maximum absolute atomic E-state index is 12.9. The molecule has 0 spiro atoms. The lowest BCUT2D eigenvalue weighted by Gasteiger charge is -2.13. The highest BCUT2D eigenvalue weighted by Crippen LogP contribution is 2.31. The van der Waals surface area contributed by atoms with Gasteiger partial charge in [-0.05, 0) is 96.0 Å². The molecule has 0 bridgehead atoms. The van der Waals surface area contributed by atoms with Gasteiger partial charge in [0.2, 0.25) is 0 Å². The van der Waals surface area contributed by atoms with Crippen molar-refractivity contribution >= 4 is 100 Å². The van der Waals surface area contributed by atoms with Gasteiger partial charge in [-0.3, -0.25) is 19.0 Å². The highest BCUT2D eigenvalue weighted by atomic mass is 35.5. The van der Waals surface area contributed by atoms with Gasteiger partial charge in [-0.25, -0.2) is 16.8 Å². The summed E-state index contributed by atoms with van der Waals surface area (Å²) in [6.07, 6.45) is 0. The number of thiophene rings is 2. The quantitative estimate of drug-likeness (QED) is 0.0945. The summed E-state index contributed by atoms with van der Waals surface area (Å²) in [6.45, 7) is 1.78. The second-order valence-electron chi connectivity index (χ2n) is 11.3. The Bertz CT molecular complexity index is 2560. The van der Waals surface area contributed by atoms with Crippen molar-refractivity contribution in [2.24, 2.45) is 0 Å². The summed E-state index contributed by atoms with van der Waals surface area (Å²) in [5.41, 5.74) is 2.18. The minimum absolute atomic E-state index is 0.00222. The van der Waals surface area contributed by atoms with Crippen LogP contribution in [0.5, 0.6) is 11.5 Å². The minimum Gasteiger partial charge on any atom is -0.497 e. The van der Waals surface area contributed by atoms with Gasteiger partial charge >= 0.3 is 0 Å². The zero-order chi connectivity index (χ0) is 39.8. The number of benzene rings is 4. The average molecular weight is 860 g/mol. The molecule has 4 N–H and O–H groups in total. The molecule has 55 heavy (non-hydrogen) atoms. The summed E-state index contributed by atoms with van der Waals surface area (Å²) in [5, 5.41) is 9.65. The summed E-state index contributed by atoms with van der Waals surface area (Å²) in [5.74, 6) is -0.234. The number of amides is 2. The number of ether oxygens (including phenoxy) is 2. The molecule has 0 aliphatic heterocycles. The Morgan fingerprint density at radius 3 is 1.65 bits per heavy atom. The predicted octanol–water partition coefficient (Wildman–Crippen LogP) is 9.23. The first-order chi connectivity index (χ1) is 26.2. The van der Waals surface area contributed by atoms with Gasteiger partial charge in [0.15, 0.2) is 0 Å². The van der Waals surface area contributed by atoms with E-state index < -0.39 is 31.9 Å². The fourth-order valence-electron chi connectivity index (χ4n) is 4.80. The molecule has 0 atom stereocenters. The molecule has 6 aromatic rings. The maximum atomic E-state index is 12.9. The van der Waals surface area contributed by atoms with E-state index in [2.05, 4.69) is 20.1 Å². The van der Waals surface area contributed by atoms with Gasteiger partial charge in [0.1, 0.15) is 26.1 Å². The topological polar surface area (TPSA) is 169 Å². The monoisotopic (exact) mass is 858 g/mol. The van der Waals surface area contributed by atoms with Gasteiger partial charge in [0, 0.05) is 27.5 Å². The molecule has 12 nitrogen and oxygen atoms in total. The Hall–Kier alpha value is -5.10. The number of sulfonamides is 2. The normalized spacial score (nSPS) is 11.1. The van der Waals surface area contributed by atoms with Gasteiger partial charge in [-0.1, -0.05) is 47.5 Å². The number of carbonyl (C=O) groups excluding carboxylic acids is 2. The highest BCUT2D eigenvalue weighted by Gasteiger charge is 2.24. The average Bonchev–Trinajstić information content (AvgIpc) is 3.81. The first-order valence-corrected chi connectivity index (χ1v) is 21.3. The van der Waals surface area contributed by atoms with Crippen LogP contribution < -0.4 is 29.6 Å². The third-order valence-corrected chi connectivity index (χ3v) is 12.4. The maximum Gasteiger partial charge on any atom is 0.267 e. The molecule has 0 saturated heterocycles. The zero-order valence-electron chi connectivity index (χ0n) is 29.1. The van der Waals surface area contributed by atoms with Crippen LogP contribution in [-0.2, 0) is 20.0 Å². The number of halogens is 2. The molecule has 0 saturated carbocycles. The van der Waals surface area contributed by atoms with Crippen LogP contribution in [0.15, 0.2) is 124 Å². The molecule has 2 amide bonds. The lowest BCUT2D eigenvalue weighted by molar-refractivity contribution is 0.102. The standard InChI is InChI=1S/C19H17ClN2O4S2.C18H15ClN2O4S2/c1-12-6-7-16(26-2)17(10-12)28(24,25)22-15-8-9-27-18(15)19(23)21-14-5-3-4-13(20)11-14;1-25-14-6-3-7-15(11-14)27(23,24)21-16-8-9-26-17(16)18(22)20-13-5-2-4-12(19)10-13/h3-11,22H,1-2H3,(H,21,23);2-11,21H,1H3,(H,20,22). The first-order valence-electron chi connectivity index (χ1n) is 15.8. The van der Waals surface area contributed by atoms with Crippen LogP contribution in [0.3, 0.4) is 0 Å². The smallest absolute Gasteiger partial charge is 0.267 e. The van der Waals surface area contributed by atoms with Crippen LogP contribution in [0, 0.1) is 6.92 Å². The molecule has 286 valence electrons. The van der Waals surface area contributed by atoms with Crippen LogP contribution in [0.2, 0.25) is 10.0 Å². The molecule has 2 heterocycles. The zero-order valence-corrected chi connectivity index (χ0v) is 33.9. The summed E-state index contributed by atoms with van der Waals surface area (Å²) in [4.78, 5) is 25.6. The molecule has 0 fully saturated rings. The predicted molar refractivity (Wildman–Crippen MR) is 220 cm³/mol.